The Balaban J connectivity index is 1.93. The third kappa shape index (κ3) is 4.54. The van der Waals surface area contributed by atoms with Crippen molar-refractivity contribution >= 4 is 21.4 Å². The number of rotatable bonds is 4. The van der Waals surface area contributed by atoms with Crippen molar-refractivity contribution in [2.75, 3.05) is 18.1 Å². The molecule has 1 aliphatic rings. The smallest absolute Gasteiger partial charge is 0.225 e. The average molecular weight is 310 g/mol. The van der Waals surface area contributed by atoms with E-state index in [2.05, 4.69) is 17.6 Å². The lowest BCUT2D eigenvalue weighted by atomic mass is 9.90. The van der Waals surface area contributed by atoms with Gasteiger partial charge in [0.2, 0.25) is 5.91 Å². The molecule has 1 fully saturated rings. The van der Waals surface area contributed by atoms with Gasteiger partial charge in [0, 0.05) is 24.4 Å². The first-order valence-electron chi connectivity index (χ1n) is 7.19. The van der Waals surface area contributed by atoms with Crippen molar-refractivity contribution in [1.29, 1.82) is 0 Å². The molecular weight excluding hydrogens is 288 g/mol. The van der Waals surface area contributed by atoms with E-state index in [-0.39, 0.29) is 16.8 Å². The monoisotopic (exact) mass is 310 g/mol. The normalized spacial score (nSPS) is 22.8. The van der Waals surface area contributed by atoms with Gasteiger partial charge in [-0.15, -0.1) is 0 Å². The van der Waals surface area contributed by atoms with Gasteiger partial charge in [-0.05, 0) is 49.6 Å². The molecule has 0 aromatic heterocycles. The summed E-state index contributed by atoms with van der Waals surface area (Å²) in [5.41, 5.74) is 0.621. The van der Waals surface area contributed by atoms with Crippen molar-refractivity contribution in [2.45, 2.75) is 37.1 Å². The number of hydrogen-bond acceptors (Lipinski definition) is 4. The van der Waals surface area contributed by atoms with Crippen molar-refractivity contribution in [3.8, 4) is 0 Å². The quantitative estimate of drug-likeness (QED) is 0.889. The summed E-state index contributed by atoms with van der Waals surface area (Å²) in [6.07, 6.45) is 3.91. The van der Waals surface area contributed by atoms with Gasteiger partial charge in [-0.25, -0.2) is 8.42 Å². The molecule has 116 valence electrons. The molecular formula is C15H22N2O3S. The van der Waals surface area contributed by atoms with Crippen LogP contribution in [-0.2, 0) is 14.6 Å². The molecule has 2 atom stereocenters. The number of carbonyl (C=O) groups is 1. The zero-order chi connectivity index (χ0) is 15.5. The van der Waals surface area contributed by atoms with E-state index < -0.39 is 9.84 Å². The predicted molar refractivity (Wildman–Crippen MR) is 83.0 cm³/mol. The molecule has 5 nitrogen and oxygen atoms in total. The summed E-state index contributed by atoms with van der Waals surface area (Å²) >= 11 is 0. The molecule has 0 aliphatic carbocycles. The molecule has 2 N–H and O–H groups in total. The highest BCUT2D eigenvalue weighted by Crippen LogP contribution is 2.19. The molecule has 0 bridgehead atoms. The van der Waals surface area contributed by atoms with Crippen molar-refractivity contribution in [1.82, 2.24) is 5.32 Å². The Kier molecular flexibility index (Phi) is 5.00. The highest BCUT2D eigenvalue weighted by atomic mass is 32.2. The Hall–Kier alpha value is -1.40. The van der Waals surface area contributed by atoms with E-state index >= 15 is 0 Å². The average Bonchev–Trinajstić information content (AvgIpc) is 2.41. The van der Waals surface area contributed by atoms with E-state index in [0.717, 1.165) is 25.6 Å². The summed E-state index contributed by atoms with van der Waals surface area (Å²) in [5.74, 6) is 0.450. The van der Waals surface area contributed by atoms with E-state index in [1.807, 2.05) is 0 Å². The lowest BCUT2D eigenvalue weighted by molar-refractivity contribution is -0.117. The number of carbonyl (C=O) groups excluding carboxylic acids is 1. The summed E-state index contributed by atoms with van der Waals surface area (Å²) in [7, 11) is -3.20. The Bertz CT molecular complexity index is 596. The molecule has 1 aliphatic heterocycles. The molecule has 1 heterocycles. The molecule has 1 aromatic carbocycles. The number of sulfone groups is 1. The summed E-state index contributed by atoms with van der Waals surface area (Å²) < 4.78 is 22.7. The van der Waals surface area contributed by atoms with Crippen LogP contribution in [0.1, 0.15) is 26.2 Å². The largest absolute Gasteiger partial charge is 0.326 e. The van der Waals surface area contributed by atoms with Gasteiger partial charge in [0.25, 0.3) is 0 Å². The van der Waals surface area contributed by atoms with Gasteiger partial charge in [-0.1, -0.05) is 6.92 Å². The lowest BCUT2D eigenvalue weighted by Gasteiger charge is -2.29. The fourth-order valence-corrected chi connectivity index (χ4v) is 3.21. The van der Waals surface area contributed by atoms with Gasteiger partial charge < -0.3 is 10.6 Å². The third-order valence-corrected chi connectivity index (χ3v) is 5.03. The third-order valence-electron chi connectivity index (χ3n) is 3.90. The highest BCUT2D eigenvalue weighted by Gasteiger charge is 2.23. The summed E-state index contributed by atoms with van der Waals surface area (Å²) in [5, 5.41) is 6.19. The fraction of sp³-hybridized carbons (Fsp3) is 0.533. The first kappa shape index (κ1) is 16.0. The van der Waals surface area contributed by atoms with Crippen LogP contribution in [0.4, 0.5) is 5.69 Å². The van der Waals surface area contributed by atoms with Crippen molar-refractivity contribution in [3.05, 3.63) is 24.3 Å². The van der Waals surface area contributed by atoms with Gasteiger partial charge in [0.1, 0.15) is 0 Å². The molecule has 21 heavy (non-hydrogen) atoms. The van der Waals surface area contributed by atoms with E-state index in [1.54, 1.807) is 12.1 Å². The van der Waals surface area contributed by atoms with Gasteiger partial charge in [0.05, 0.1) is 4.90 Å². The van der Waals surface area contributed by atoms with Crippen molar-refractivity contribution in [3.63, 3.8) is 0 Å². The van der Waals surface area contributed by atoms with Crippen LogP contribution in [0.5, 0.6) is 0 Å². The minimum atomic E-state index is -3.20. The molecule has 0 radical (unpaired) electrons. The molecule has 2 unspecified atom stereocenters. The standard InChI is InChI=1S/C15H22N2O3S/c1-11-4-3-9-16-14(11)10-15(18)17-12-5-7-13(8-6-12)21(2,19)20/h5-8,11,14,16H,3-4,9-10H2,1-2H3,(H,17,18). The van der Waals surface area contributed by atoms with Crippen LogP contribution in [0.2, 0.25) is 0 Å². The maximum atomic E-state index is 12.0. The second-order valence-corrected chi connectivity index (χ2v) is 7.74. The lowest BCUT2D eigenvalue weighted by Crippen LogP contribution is -2.42. The minimum Gasteiger partial charge on any atom is -0.326 e. The topological polar surface area (TPSA) is 75.3 Å². The minimum absolute atomic E-state index is 0.0478. The van der Waals surface area contributed by atoms with Crippen molar-refractivity contribution in [2.24, 2.45) is 5.92 Å². The van der Waals surface area contributed by atoms with Crippen LogP contribution >= 0.6 is 0 Å². The zero-order valence-corrected chi connectivity index (χ0v) is 13.2. The van der Waals surface area contributed by atoms with E-state index in [9.17, 15) is 13.2 Å². The summed E-state index contributed by atoms with van der Waals surface area (Å²) in [6, 6.07) is 6.46. The SMILES string of the molecule is CC1CCCNC1CC(=O)Nc1ccc(S(C)(=O)=O)cc1. The Morgan fingerprint density at radius 3 is 2.57 bits per heavy atom. The molecule has 1 amide bonds. The second-order valence-electron chi connectivity index (χ2n) is 5.73. The molecule has 2 rings (SSSR count). The van der Waals surface area contributed by atoms with Gasteiger partial charge in [-0.2, -0.15) is 0 Å². The maximum Gasteiger partial charge on any atom is 0.225 e. The fourth-order valence-electron chi connectivity index (χ4n) is 2.58. The zero-order valence-electron chi connectivity index (χ0n) is 12.4. The summed E-state index contributed by atoms with van der Waals surface area (Å²) in [6.45, 7) is 3.12. The number of nitrogens with one attached hydrogen (secondary N) is 2. The Labute approximate surface area is 126 Å². The van der Waals surface area contributed by atoms with E-state index in [1.165, 1.54) is 12.1 Å². The van der Waals surface area contributed by atoms with Crippen LogP contribution in [0, 0.1) is 5.92 Å². The first-order valence-corrected chi connectivity index (χ1v) is 9.09. The van der Waals surface area contributed by atoms with Crippen LogP contribution < -0.4 is 10.6 Å². The number of hydrogen-bond donors (Lipinski definition) is 2. The van der Waals surface area contributed by atoms with Gasteiger partial charge in [0.15, 0.2) is 9.84 Å². The van der Waals surface area contributed by atoms with Gasteiger partial charge in [-0.3, -0.25) is 4.79 Å². The van der Waals surface area contributed by atoms with E-state index in [4.69, 9.17) is 0 Å². The second kappa shape index (κ2) is 6.58. The molecule has 6 heteroatoms. The molecule has 1 aromatic rings. The van der Waals surface area contributed by atoms with E-state index in [0.29, 0.717) is 18.0 Å². The van der Waals surface area contributed by atoms with Crippen LogP contribution in [0.25, 0.3) is 0 Å². The first-order chi connectivity index (χ1) is 9.86. The number of benzene rings is 1. The predicted octanol–water partition coefficient (Wildman–Crippen LogP) is 1.81. The Morgan fingerprint density at radius 2 is 2.00 bits per heavy atom. The maximum absolute atomic E-state index is 12.0. The number of anilines is 1. The molecule has 0 spiro atoms. The summed E-state index contributed by atoms with van der Waals surface area (Å²) in [4.78, 5) is 12.3. The van der Waals surface area contributed by atoms with Crippen molar-refractivity contribution < 1.29 is 13.2 Å². The molecule has 1 saturated heterocycles. The van der Waals surface area contributed by atoms with Crippen LogP contribution in [0.15, 0.2) is 29.2 Å². The molecule has 0 saturated carbocycles. The van der Waals surface area contributed by atoms with Crippen LogP contribution in [-0.4, -0.2) is 33.2 Å². The number of amides is 1. The highest BCUT2D eigenvalue weighted by molar-refractivity contribution is 7.90. The van der Waals surface area contributed by atoms with Gasteiger partial charge >= 0.3 is 0 Å². The number of piperidine rings is 1. The van der Waals surface area contributed by atoms with Crippen LogP contribution in [0.3, 0.4) is 0 Å². The Morgan fingerprint density at radius 1 is 1.33 bits per heavy atom.